The van der Waals surface area contributed by atoms with Gasteiger partial charge in [-0.15, -0.1) is 0 Å². The highest BCUT2D eigenvalue weighted by Crippen LogP contribution is 2.26. The third kappa shape index (κ3) is 7.84. The number of rotatable bonds is 4. The van der Waals surface area contributed by atoms with Crippen molar-refractivity contribution in [1.82, 2.24) is 35.4 Å². The summed E-state index contributed by atoms with van der Waals surface area (Å²) < 4.78 is 7.10. The lowest BCUT2D eigenvalue weighted by Gasteiger charge is -2.25. The Bertz CT molecular complexity index is 1870. The molecule has 4 N–H and O–H groups in total. The highest BCUT2D eigenvalue weighted by Gasteiger charge is 2.26. The maximum absolute atomic E-state index is 13.8. The van der Waals surface area contributed by atoms with Crippen LogP contribution in [0.4, 0.5) is 0 Å². The smallest absolute Gasteiger partial charge is 0.326 e. The number of hydrogen-bond donors (Lipinski definition) is 4. The molecular weight excluding hydrogens is 614 g/mol. The first kappa shape index (κ1) is 34.1. The van der Waals surface area contributed by atoms with Gasteiger partial charge in [0.2, 0.25) is 11.8 Å². The highest BCUT2D eigenvalue weighted by molar-refractivity contribution is 5.98. The van der Waals surface area contributed by atoms with Crippen molar-refractivity contribution < 1.29 is 23.9 Å². The number of aryl methyl sites for hydroxylation is 1. The van der Waals surface area contributed by atoms with E-state index in [2.05, 4.69) is 25.9 Å². The lowest BCUT2D eigenvalue weighted by molar-refractivity contribution is -0.130. The number of nitrogens with one attached hydrogen (secondary N) is 4. The topological polar surface area (TPSA) is 168 Å². The quantitative estimate of drug-likeness (QED) is 0.262. The van der Waals surface area contributed by atoms with Gasteiger partial charge in [-0.2, -0.15) is 0 Å². The first-order valence-electron chi connectivity index (χ1n) is 16.5. The van der Waals surface area contributed by atoms with Crippen LogP contribution < -0.4 is 26.4 Å². The molecule has 1 aliphatic heterocycles. The van der Waals surface area contributed by atoms with Crippen LogP contribution in [0.25, 0.3) is 21.9 Å². The zero-order valence-corrected chi connectivity index (χ0v) is 27.6. The summed E-state index contributed by atoms with van der Waals surface area (Å²) in [7, 11) is 1.54. The lowest BCUT2D eigenvalue weighted by atomic mass is 9.98. The normalized spacial score (nSPS) is 18.1. The van der Waals surface area contributed by atoms with Crippen LogP contribution in [0.5, 0.6) is 5.75 Å². The molecule has 0 unspecified atom stereocenters. The fourth-order valence-electron chi connectivity index (χ4n) is 5.93. The molecule has 0 saturated heterocycles. The van der Waals surface area contributed by atoms with Crippen molar-refractivity contribution in [2.24, 2.45) is 5.92 Å². The Morgan fingerprint density at radius 2 is 1.73 bits per heavy atom. The van der Waals surface area contributed by atoms with E-state index in [0.29, 0.717) is 79.7 Å². The number of carbonyl (C=O) groups excluding carboxylic acids is 4. The summed E-state index contributed by atoms with van der Waals surface area (Å²) in [5.41, 5.74) is 2.12. The average Bonchev–Trinajstić information content (AvgIpc) is 3.41. The van der Waals surface area contributed by atoms with Crippen LogP contribution in [0.2, 0.25) is 0 Å². The number of aromatic amines is 1. The standard InChI is InChI=1S/C35H43N7O6/c1-4-22(2)31-33(45)37-16-9-19-42-28-20-23(13-14-26(28)39-35(42)47)32(44)36-15-8-18-41(17-7-12-30(43)40-31)34(46)27-21-29(48-3)24-10-5-6-11-25(24)38-27/h5-6,10-11,13-14,20-22,31H,4,7-9,12,15-19H2,1-3H3,(H,36,44)(H,37,45)(H,39,47)(H,40,43)/t22-,31-/m0/s1. The van der Waals surface area contributed by atoms with Gasteiger partial charge in [-0.1, -0.05) is 32.4 Å². The molecule has 2 atom stereocenters. The van der Waals surface area contributed by atoms with E-state index in [-0.39, 0.29) is 53.9 Å². The molecule has 4 amide bonds. The number of ether oxygens (including phenoxy) is 1. The van der Waals surface area contributed by atoms with Crippen molar-refractivity contribution in [2.75, 3.05) is 33.3 Å². The number of pyridine rings is 1. The van der Waals surface area contributed by atoms with Gasteiger partial charge in [0, 0.05) is 56.2 Å². The van der Waals surface area contributed by atoms with Crippen LogP contribution in [0.1, 0.15) is 66.8 Å². The van der Waals surface area contributed by atoms with E-state index in [9.17, 15) is 24.0 Å². The predicted octanol–water partition coefficient (Wildman–Crippen LogP) is 2.98. The van der Waals surface area contributed by atoms with Crippen molar-refractivity contribution in [2.45, 2.75) is 58.5 Å². The van der Waals surface area contributed by atoms with Crippen molar-refractivity contribution in [3.63, 3.8) is 0 Å². The van der Waals surface area contributed by atoms with Crippen LogP contribution in [0.15, 0.2) is 53.3 Å². The third-order valence-corrected chi connectivity index (χ3v) is 8.83. The van der Waals surface area contributed by atoms with Crippen LogP contribution in [0.3, 0.4) is 0 Å². The maximum atomic E-state index is 13.8. The Hall–Kier alpha value is -5.20. The predicted molar refractivity (Wildman–Crippen MR) is 182 cm³/mol. The molecule has 48 heavy (non-hydrogen) atoms. The monoisotopic (exact) mass is 657 g/mol. The zero-order valence-electron chi connectivity index (χ0n) is 27.6. The molecule has 13 nitrogen and oxygen atoms in total. The summed E-state index contributed by atoms with van der Waals surface area (Å²) in [5.74, 6) is -0.784. The molecule has 1 aliphatic rings. The van der Waals surface area contributed by atoms with E-state index >= 15 is 0 Å². The van der Waals surface area contributed by atoms with Gasteiger partial charge in [-0.3, -0.25) is 23.7 Å². The maximum Gasteiger partial charge on any atom is 0.326 e. The minimum Gasteiger partial charge on any atom is -0.496 e. The average molecular weight is 658 g/mol. The Labute approximate surface area is 278 Å². The summed E-state index contributed by atoms with van der Waals surface area (Å²) in [5, 5.41) is 9.50. The van der Waals surface area contributed by atoms with E-state index in [1.807, 2.05) is 38.1 Å². The fraction of sp³-hybridized carbons (Fsp3) is 0.429. The summed E-state index contributed by atoms with van der Waals surface area (Å²) in [6.07, 6.45) is 2.07. The second-order valence-corrected chi connectivity index (χ2v) is 12.1. The highest BCUT2D eigenvalue weighted by atomic mass is 16.5. The Kier molecular flexibility index (Phi) is 11.1. The molecule has 0 spiro atoms. The minimum atomic E-state index is -0.723. The second-order valence-electron chi connectivity index (χ2n) is 12.1. The van der Waals surface area contributed by atoms with Crippen LogP contribution in [0, 0.1) is 5.92 Å². The van der Waals surface area contributed by atoms with Gasteiger partial charge >= 0.3 is 5.69 Å². The van der Waals surface area contributed by atoms with Crippen molar-refractivity contribution in [3.05, 3.63) is 70.3 Å². The van der Waals surface area contributed by atoms with Gasteiger partial charge in [0.15, 0.2) is 0 Å². The Morgan fingerprint density at radius 3 is 2.52 bits per heavy atom. The number of amides is 4. The molecule has 2 aromatic heterocycles. The number of hydrogen-bond acceptors (Lipinski definition) is 7. The van der Waals surface area contributed by atoms with Crippen molar-refractivity contribution in [1.29, 1.82) is 0 Å². The molecular formula is C35H43N7O6. The van der Waals surface area contributed by atoms with E-state index in [1.165, 1.54) is 0 Å². The SMILES string of the molecule is CC[C@H](C)[C@@H]1NC(=O)CCCN(C(=O)c2cc(OC)c3ccccc3n2)CCCNC(=O)c2ccc3[nH]c(=O)n(c3c2)CCCNC1=O. The molecule has 0 saturated carbocycles. The van der Waals surface area contributed by atoms with Gasteiger partial charge in [0.1, 0.15) is 17.5 Å². The van der Waals surface area contributed by atoms with Crippen LogP contribution in [-0.2, 0) is 16.1 Å². The van der Waals surface area contributed by atoms with Crippen LogP contribution in [-0.4, -0.2) is 82.4 Å². The van der Waals surface area contributed by atoms with Crippen molar-refractivity contribution in [3.8, 4) is 5.75 Å². The summed E-state index contributed by atoms with van der Waals surface area (Å²) >= 11 is 0. The fourth-order valence-corrected chi connectivity index (χ4v) is 5.93. The molecule has 2 aromatic carbocycles. The molecule has 13 heteroatoms. The Morgan fingerprint density at radius 1 is 0.979 bits per heavy atom. The third-order valence-electron chi connectivity index (χ3n) is 8.83. The van der Waals surface area contributed by atoms with Gasteiger partial charge in [0.05, 0.1) is 23.7 Å². The minimum absolute atomic E-state index is 0.108. The number of aromatic nitrogens is 3. The number of para-hydroxylation sites is 1. The molecule has 2 bridgehead atoms. The molecule has 0 radical (unpaired) electrons. The lowest BCUT2D eigenvalue weighted by Crippen LogP contribution is -2.50. The molecule has 5 rings (SSSR count). The van der Waals surface area contributed by atoms with Gasteiger partial charge < -0.3 is 30.6 Å². The molecule has 0 fully saturated rings. The summed E-state index contributed by atoms with van der Waals surface area (Å²) in [6, 6.07) is 13.3. The molecule has 254 valence electrons. The number of methoxy groups -OCH3 is 1. The van der Waals surface area contributed by atoms with Gasteiger partial charge in [-0.25, -0.2) is 9.78 Å². The number of benzene rings is 2. The van der Waals surface area contributed by atoms with E-state index < -0.39 is 6.04 Å². The van der Waals surface area contributed by atoms with E-state index in [1.54, 1.807) is 40.8 Å². The zero-order chi connectivity index (χ0) is 34.2. The number of fused-ring (bicyclic) bond motifs is 2. The molecule has 0 aliphatic carbocycles. The number of carbonyl (C=O) groups is 4. The first-order chi connectivity index (χ1) is 23.2. The van der Waals surface area contributed by atoms with Gasteiger partial charge in [-0.05, 0) is 55.5 Å². The van der Waals surface area contributed by atoms with Gasteiger partial charge in [0.25, 0.3) is 11.8 Å². The Balaban J connectivity index is 1.39. The van der Waals surface area contributed by atoms with E-state index in [0.717, 1.165) is 5.39 Å². The molecule has 3 heterocycles. The number of nitrogens with zero attached hydrogens (tertiary/aromatic N) is 3. The second kappa shape index (κ2) is 15.6. The number of imidazole rings is 1. The summed E-state index contributed by atoms with van der Waals surface area (Å²) in [6.45, 7) is 5.35. The van der Waals surface area contributed by atoms with Crippen molar-refractivity contribution >= 4 is 45.6 Å². The molecule has 4 aromatic rings. The first-order valence-corrected chi connectivity index (χ1v) is 16.5. The largest absolute Gasteiger partial charge is 0.496 e. The van der Waals surface area contributed by atoms with Crippen LogP contribution >= 0.6 is 0 Å². The van der Waals surface area contributed by atoms with E-state index in [4.69, 9.17) is 4.74 Å². The summed E-state index contributed by atoms with van der Waals surface area (Å²) in [4.78, 5) is 75.0. The number of H-pyrrole nitrogens is 1.